The molecular weight excluding hydrogens is 260 g/mol. The number of carbonyl (C=O) groups is 1. The number of methoxy groups -OCH3 is 1. The van der Waals surface area contributed by atoms with Gasteiger partial charge in [-0.1, -0.05) is 0 Å². The smallest absolute Gasteiger partial charge is 0.230 e. The molecule has 0 fully saturated rings. The van der Waals surface area contributed by atoms with Crippen molar-refractivity contribution in [3.8, 4) is 0 Å². The summed E-state index contributed by atoms with van der Waals surface area (Å²) >= 11 is 1.03. The lowest BCUT2D eigenvalue weighted by atomic mass is 10.3. The van der Waals surface area contributed by atoms with Gasteiger partial charge in [0.15, 0.2) is 0 Å². The number of nitrogens with one attached hydrogen (secondary N) is 1. The molecule has 1 aromatic carbocycles. The van der Waals surface area contributed by atoms with Crippen LogP contribution in [0.25, 0.3) is 0 Å². The van der Waals surface area contributed by atoms with Gasteiger partial charge in [-0.15, -0.1) is 11.8 Å². The molecule has 0 aliphatic carbocycles. The highest BCUT2D eigenvalue weighted by molar-refractivity contribution is 8.00. The van der Waals surface area contributed by atoms with Gasteiger partial charge in [0.2, 0.25) is 5.91 Å². The number of rotatable bonds is 6. The van der Waals surface area contributed by atoms with Gasteiger partial charge < -0.3 is 10.1 Å². The Morgan fingerprint density at radius 2 is 2.22 bits per heavy atom. The molecule has 1 rings (SSSR count). The third kappa shape index (κ3) is 5.01. The number of hydrogen-bond donors (Lipinski definition) is 1. The van der Waals surface area contributed by atoms with Crippen molar-refractivity contribution >= 4 is 17.7 Å². The molecule has 0 saturated heterocycles. The molecular formula is C12H15F2NO2S. The predicted octanol–water partition coefficient (Wildman–Crippen LogP) is 2.21. The summed E-state index contributed by atoms with van der Waals surface area (Å²) in [5.41, 5.74) is 0. The lowest BCUT2D eigenvalue weighted by molar-refractivity contribution is -0.119. The largest absolute Gasteiger partial charge is 0.383 e. The average molecular weight is 275 g/mol. The summed E-state index contributed by atoms with van der Waals surface area (Å²) in [6.45, 7) is 2.23. The third-order valence-electron chi connectivity index (χ3n) is 2.08. The number of benzene rings is 1. The fourth-order valence-electron chi connectivity index (χ4n) is 1.34. The summed E-state index contributed by atoms with van der Waals surface area (Å²) in [6.07, 6.45) is 0. The van der Waals surface area contributed by atoms with E-state index in [0.29, 0.717) is 6.61 Å². The van der Waals surface area contributed by atoms with Crippen molar-refractivity contribution in [1.82, 2.24) is 5.32 Å². The molecule has 1 amide bonds. The molecule has 0 bridgehead atoms. The monoisotopic (exact) mass is 275 g/mol. The Hall–Kier alpha value is -1.14. The van der Waals surface area contributed by atoms with Gasteiger partial charge in [-0.2, -0.15) is 0 Å². The van der Waals surface area contributed by atoms with Crippen molar-refractivity contribution in [2.45, 2.75) is 17.9 Å². The fraction of sp³-hybridized carbons (Fsp3) is 0.417. The zero-order valence-corrected chi connectivity index (χ0v) is 11.0. The van der Waals surface area contributed by atoms with Gasteiger partial charge in [0.05, 0.1) is 12.4 Å². The Labute approximate surface area is 109 Å². The van der Waals surface area contributed by atoms with Gasteiger partial charge in [0, 0.05) is 24.1 Å². The third-order valence-corrected chi connectivity index (χ3v) is 3.13. The topological polar surface area (TPSA) is 38.3 Å². The minimum absolute atomic E-state index is 0.0800. The van der Waals surface area contributed by atoms with Crippen LogP contribution in [-0.2, 0) is 9.53 Å². The Morgan fingerprint density at radius 1 is 1.50 bits per heavy atom. The average Bonchev–Trinajstić information content (AvgIpc) is 2.28. The van der Waals surface area contributed by atoms with Crippen LogP contribution in [-0.4, -0.2) is 31.4 Å². The van der Waals surface area contributed by atoms with Crippen LogP contribution in [0.2, 0.25) is 0 Å². The minimum atomic E-state index is -0.655. The molecule has 100 valence electrons. The van der Waals surface area contributed by atoms with Crippen LogP contribution in [0.5, 0.6) is 0 Å². The standard InChI is InChI=1S/C12H15F2NO2S/c1-8(6-17-2)15-12(16)7-18-11-4-3-9(13)5-10(11)14/h3-5,8H,6-7H2,1-2H3,(H,15,16)/t8-/m1/s1. The Bertz CT molecular complexity index is 415. The molecule has 0 aromatic heterocycles. The Morgan fingerprint density at radius 3 is 2.83 bits per heavy atom. The lowest BCUT2D eigenvalue weighted by Crippen LogP contribution is -2.36. The van der Waals surface area contributed by atoms with Gasteiger partial charge in [0.1, 0.15) is 11.6 Å². The van der Waals surface area contributed by atoms with E-state index in [1.807, 2.05) is 6.92 Å². The van der Waals surface area contributed by atoms with Gasteiger partial charge >= 0.3 is 0 Å². The van der Waals surface area contributed by atoms with Gasteiger partial charge in [-0.05, 0) is 19.1 Å². The molecule has 18 heavy (non-hydrogen) atoms. The SMILES string of the molecule is COC[C@@H](C)NC(=O)CSc1ccc(F)cc1F. The number of thioether (sulfide) groups is 1. The molecule has 1 aromatic rings. The molecule has 0 unspecified atom stereocenters. The number of ether oxygens (including phenoxy) is 1. The summed E-state index contributed by atoms with van der Waals surface area (Å²) in [5.74, 6) is -1.42. The number of amides is 1. The van der Waals surface area contributed by atoms with Crippen LogP contribution < -0.4 is 5.32 Å². The molecule has 0 aliphatic heterocycles. The van der Waals surface area contributed by atoms with Crippen molar-refractivity contribution in [1.29, 1.82) is 0 Å². The van der Waals surface area contributed by atoms with Crippen LogP contribution in [0.4, 0.5) is 8.78 Å². The second-order valence-electron chi connectivity index (χ2n) is 3.79. The van der Waals surface area contributed by atoms with E-state index in [2.05, 4.69) is 5.32 Å². The highest BCUT2D eigenvalue weighted by atomic mass is 32.2. The minimum Gasteiger partial charge on any atom is -0.383 e. The van der Waals surface area contributed by atoms with Crippen LogP contribution in [0.3, 0.4) is 0 Å². The second-order valence-corrected chi connectivity index (χ2v) is 4.80. The molecule has 6 heteroatoms. The van der Waals surface area contributed by atoms with E-state index in [1.54, 1.807) is 7.11 Å². The van der Waals surface area contributed by atoms with Crippen molar-refractivity contribution < 1.29 is 18.3 Å². The van der Waals surface area contributed by atoms with Crippen LogP contribution in [0, 0.1) is 11.6 Å². The maximum atomic E-state index is 13.3. The Balaban J connectivity index is 2.42. The molecule has 0 heterocycles. The number of hydrogen-bond acceptors (Lipinski definition) is 3. The molecule has 1 N–H and O–H groups in total. The fourth-order valence-corrected chi connectivity index (χ4v) is 2.07. The van der Waals surface area contributed by atoms with Crippen molar-refractivity contribution in [3.05, 3.63) is 29.8 Å². The van der Waals surface area contributed by atoms with Crippen molar-refractivity contribution in [3.63, 3.8) is 0 Å². The first-order chi connectivity index (χ1) is 8.52. The normalized spacial score (nSPS) is 12.2. The van der Waals surface area contributed by atoms with Crippen LogP contribution >= 0.6 is 11.8 Å². The van der Waals surface area contributed by atoms with E-state index in [-0.39, 0.29) is 22.6 Å². The quantitative estimate of drug-likeness (QED) is 0.809. The van der Waals surface area contributed by atoms with Crippen molar-refractivity contribution in [2.75, 3.05) is 19.5 Å². The van der Waals surface area contributed by atoms with E-state index in [1.165, 1.54) is 6.07 Å². The maximum absolute atomic E-state index is 13.3. The zero-order chi connectivity index (χ0) is 13.5. The zero-order valence-electron chi connectivity index (χ0n) is 10.2. The summed E-state index contributed by atoms with van der Waals surface area (Å²) < 4.78 is 30.8. The molecule has 0 spiro atoms. The lowest BCUT2D eigenvalue weighted by Gasteiger charge is -2.12. The number of carbonyl (C=O) groups excluding carboxylic acids is 1. The van der Waals surface area contributed by atoms with E-state index in [0.717, 1.165) is 23.9 Å². The van der Waals surface area contributed by atoms with E-state index in [9.17, 15) is 13.6 Å². The van der Waals surface area contributed by atoms with Gasteiger partial charge in [0.25, 0.3) is 0 Å². The molecule has 0 aliphatic rings. The molecule has 0 saturated carbocycles. The Kier molecular flexibility index (Phi) is 6.07. The first-order valence-corrected chi connectivity index (χ1v) is 6.37. The first kappa shape index (κ1) is 14.9. The van der Waals surface area contributed by atoms with E-state index in [4.69, 9.17) is 4.74 Å². The van der Waals surface area contributed by atoms with Gasteiger partial charge in [-0.3, -0.25) is 4.79 Å². The highest BCUT2D eigenvalue weighted by Gasteiger charge is 2.10. The second kappa shape index (κ2) is 7.33. The summed E-state index contributed by atoms with van der Waals surface area (Å²) in [7, 11) is 1.55. The number of halogens is 2. The molecule has 1 atom stereocenters. The highest BCUT2D eigenvalue weighted by Crippen LogP contribution is 2.21. The van der Waals surface area contributed by atoms with E-state index >= 15 is 0 Å². The van der Waals surface area contributed by atoms with Gasteiger partial charge in [-0.25, -0.2) is 8.78 Å². The van der Waals surface area contributed by atoms with E-state index < -0.39 is 11.6 Å². The predicted molar refractivity (Wildman–Crippen MR) is 66.6 cm³/mol. The summed E-state index contributed by atoms with van der Waals surface area (Å²) in [6, 6.07) is 3.19. The molecule has 0 radical (unpaired) electrons. The summed E-state index contributed by atoms with van der Waals surface area (Å²) in [5, 5.41) is 2.70. The first-order valence-electron chi connectivity index (χ1n) is 5.39. The summed E-state index contributed by atoms with van der Waals surface area (Å²) in [4.78, 5) is 11.8. The van der Waals surface area contributed by atoms with Crippen LogP contribution in [0.1, 0.15) is 6.92 Å². The van der Waals surface area contributed by atoms with Crippen LogP contribution in [0.15, 0.2) is 23.1 Å². The molecule has 3 nitrogen and oxygen atoms in total. The maximum Gasteiger partial charge on any atom is 0.230 e. The van der Waals surface area contributed by atoms with Crippen molar-refractivity contribution in [2.24, 2.45) is 0 Å².